The van der Waals surface area contributed by atoms with Crippen LogP contribution in [0.25, 0.3) is 0 Å². The van der Waals surface area contributed by atoms with E-state index in [0.29, 0.717) is 23.8 Å². The molecular formula is C12H18N2O2. The van der Waals surface area contributed by atoms with Crippen LogP contribution in [0, 0.1) is 19.8 Å². The molecule has 1 saturated carbocycles. The molecule has 3 N–H and O–H groups in total. The Morgan fingerprint density at radius 2 is 2.31 bits per heavy atom. The van der Waals surface area contributed by atoms with Gasteiger partial charge in [-0.1, -0.05) is 0 Å². The molecule has 0 aliphatic heterocycles. The lowest BCUT2D eigenvalue weighted by atomic mass is 10.2. The van der Waals surface area contributed by atoms with Crippen molar-refractivity contribution < 1.29 is 9.21 Å². The summed E-state index contributed by atoms with van der Waals surface area (Å²) in [5.74, 6) is 1.93. The average molecular weight is 222 g/mol. The summed E-state index contributed by atoms with van der Waals surface area (Å²) < 4.78 is 5.31. The number of nitrogens with one attached hydrogen (secondary N) is 1. The molecule has 1 aliphatic carbocycles. The summed E-state index contributed by atoms with van der Waals surface area (Å²) in [5, 5.41) is 2.85. The largest absolute Gasteiger partial charge is 0.466 e. The van der Waals surface area contributed by atoms with Gasteiger partial charge in [0.15, 0.2) is 0 Å². The summed E-state index contributed by atoms with van der Waals surface area (Å²) in [5.41, 5.74) is 6.52. The molecule has 1 heterocycles. The number of hydrogen-bond acceptors (Lipinski definition) is 3. The second-order valence-corrected chi connectivity index (χ2v) is 4.54. The number of carbonyl (C=O) groups is 1. The normalized spacial score (nSPS) is 17.2. The van der Waals surface area contributed by atoms with E-state index in [2.05, 4.69) is 5.32 Å². The number of aryl methyl sites for hydroxylation is 2. The Morgan fingerprint density at radius 3 is 2.81 bits per heavy atom. The highest BCUT2D eigenvalue weighted by atomic mass is 16.3. The Labute approximate surface area is 95.2 Å². The van der Waals surface area contributed by atoms with Crippen LogP contribution in [-0.2, 0) is 0 Å². The molecule has 0 spiro atoms. The first-order valence-corrected chi connectivity index (χ1v) is 5.68. The minimum Gasteiger partial charge on any atom is -0.466 e. The van der Waals surface area contributed by atoms with Crippen LogP contribution in [0.5, 0.6) is 0 Å². The van der Waals surface area contributed by atoms with E-state index < -0.39 is 0 Å². The molecule has 4 heteroatoms. The summed E-state index contributed by atoms with van der Waals surface area (Å²) >= 11 is 0. The van der Waals surface area contributed by atoms with Crippen molar-refractivity contribution in [3.05, 3.63) is 23.2 Å². The summed E-state index contributed by atoms with van der Waals surface area (Å²) in [6.45, 7) is 4.18. The van der Waals surface area contributed by atoms with Crippen LogP contribution in [0.1, 0.15) is 34.7 Å². The molecule has 1 aromatic rings. The van der Waals surface area contributed by atoms with Gasteiger partial charge in [-0.3, -0.25) is 4.79 Å². The molecule has 1 atom stereocenters. The maximum absolute atomic E-state index is 11.8. The third-order valence-corrected chi connectivity index (χ3v) is 3.01. The van der Waals surface area contributed by atoms with Crippen molar-refractivity contribution in [1.82, 2.24) is 5.32 Å². The highest BCUT2D eigenvalue weighted by Gasteiger charge is 2.28. The molecular weight excluding hydrogens is 204 g/mol. The van der Waals surface area contributed by atoms with Crippen LogP contribution < -0.4 is 11.1 Å². The van der Waals surface area contributed by atoms with Crippen molar-refractivity contribution >= 4 is 5.91 Å². The molecule has 0 aromatic carbocycles. The smallest absolute Gasteiger partial charge is 0.254 e. The molecule has 1 aliphatic rings. The average Bonchev–Trinajstić information content (AvgIpc) is 3.01. The highest BCUT2D eigenvalue weighted by molar-refractivity contribution is 5.95. The Kier molecular flexibility index (Phi) is 3.01. The monoisotopic (exact) mass is 222 g/mol. The van der Waals surface area contributed by atoms with E-state index in [0.717, 1.165) is 5.76 Å². The lowest BCUT2D eigenvalue weighted by Gasteiger charge is -2.10. The van der Waals surface area contributed by atoms with Crippen molar-refractivity contribution in [2.75, 3.05) is 6.54 Å². The van der Waals surface area contributed by atoms with Gasteiger partial charge in [0.2, 0.25) is 0 Å². The third-order valence-electron chi connectivity index (χ3n) is 3.01. The molecule has 1 amide bonds. The molecule has 1 unspecified atom stereocenters. The van der Waals surface area contributed by atoms with Crippen LogP contribution in [0.3, 0.4) is 0 Å². The number of nitrogens with two attached hydrogens (primary N) is 1. The topological polar surface area (TPSA) is 68.3 Å². The van der Waals surface area contributed by atoms with E-state index in [1.807, 2.05) is 6.92 Å². The van der Waals surface area contributed by atoms with Crippen molar-refractivity contribution in [3.63, 3.8) is 0 Å². The van der Waals surface area contributed by atoms with Crippen molar-refractivity contribution in [2.45, 2.75) is 32.7 Å². The fourth-order valence-corrected chi connectivity index (χ4v) is 1.85. The zero-order chi connectivity index (χ0) is 11.7. The van der Waals surface area contributed by atoms with Gasteiger partial charge in [-0.05, 0) is 38.7 Å². The fraction of sp³-hybridized carbons (Fsp3) is 0.583. The first-order chi connectivity index (χ1) is 7.58. The SMILES string of the molecule is Cc1cc(C(=O)NCC(N)C2CC2)c(C)o1. The van der Waals surface area contributed by atoms with Gasteiger partial charge in [0.05, 0.1) is 5.56 Å². The predicted octanol–water partition coefficient (Wildman–Crippen LogP) is 1.36. The lowest BCUT2D eigenvalue weighted by Crippen LogP contribution is -2.38. The molecule has 88 valence electrons. The van der Waals surface area contributed by atoms with E-state index in [-0.39, 0.29) is 11.9 Å². The van der Waals surface area contributed by atoms with E-state index in [4.69, 9.17) is 10.2 Å². The molecule has 0 saturated heterocycles. The van der Waals surface area contributed by atoms with Crippen LogP contribution in [0.2, 0.25) is 0 Å². The van der Waals surface area contributed by atoms with E-state index in [1.54, 1.807) is 13.0 Å². The number of amides is 1. The first kappa shape index (κ1) is 11.2. The molecule has 0 radical (unpaired) electrons. The molecule has 2 rings (SSSR count). The van der Waals surface area contributed by atoms with Crippen LogP contribution in [-0.4, -0.2) is 18.5 Å². The van der Waals surface area contributed by atoms with Gasteiger partial charge in [0.25, 0.3) is 5.91 Å². The quantitative estimate of drug-likeness (QED) is 0.808. The number of furan rings is 1. The van der Waals surface area contributed by atoms with Gasteiger partial charge in [-0.15, -0.1) is 0 Å². The fourth-order valence-electron chi connectivity index (χ4n) is 1.85. The van der Waals surface area contributed by atoms with Gasteiger partial charge < -0.3 is 15.5 Å². The molecule has 4 nitrogen and oxygen atoms in total. The van der Waals surface area contributed by atoms with E-state index in [1.165, 1.54) is 12.8 Å². The van der Waals surface area contributed by atoms with Gasteiger partial charge in [0.1, 0.15) is 11.5 Å². The maximum Gasteiger partial charge on any atom is 0.254 e. The van der Waals surface area contributed by atoms with Gasteiger partial charge in [0, 0.05) is 12.6 Å². The minimum absolute atomic E-state index is 0.0922. The zero-order valence-corrected chi connectivity index (χ0v) is 9.75. The van der Waals surface area contributed by atoms with Gasteiger partial charge in [-0.25, -0.2) is 0 Å². The summed E-state index contributed by atoms with van der Waals surface area (Å²) in [4.78, 5) is 11.8. The Hall–Kier alpha value is -1.29. The third kappa shape index (κ3) is 2.44. The Bertz CT molecular complexity index is 394. The molecule has 16 heavy (non-hydrogen) atoms. The van der Waals surface area contributed by atoms with Crippen molar-refractivity contribution in [3.8, 4) is 0 Å². The van der Waals surface area contributed by atoms with Crippen molar-refractivity contribution in [2.24, 2.45) is 11.7 Å². The highest BCUT2D eigenvalue weighted by Crippen LogP contribution is 2.31. The standard InChI is InChI=1S/C12H18N2O2/c1-7-5-10(8(2)16-7)12(15)14-6-11(13)9-3-4-9/h5,9,11H,3-4,6,13H2,1-2H3,(H,14,15). The second-order valence-electron chi connectivity index (χ2n) is 4.54. The first-order valence-electron chi connectivity index (χ1n) is 5.68. The number of rotatable bonds is 4. The summed E-state index contributed by atoms with van der Waals surface area (Å²) in [7, 11) is 0. The number of carbonyl (C=O) groups excluding carboxylic acids is 1. The second kappa shape index (κ2) is 4.29. The van der Waals surface area contributed by atoms with Gasteiger partial charge in [-0.2, -0.15) is 0 Å². The van der Waals surface area contributed by atoms with E-state index >= 15 is 0 Å². The molecule has 1 fully saturated rings. The van der Waals surface area contributed by atoms with Crippen molar-refractivity contribution in [1.29, 1.82) is 0 Å². The van der Waals surface area contributed by atoms with E-state index in [9.17, 15) is 4.79 Å². The zero-order valence-electron chi connectivity index (χ0n) is 9.75. The van der Waals surface area contributed by atoms with Gasteiger partial charge >= 0.3 is 0 Å². The predicted molar refractivity (Wildman–Crippen MR) is 61.2 cm³/mol. The summed E-state index contributed by atoms with van der Waals surface area (Å²) in [6.07, 6.45) is 2.39. The molecule has 0 bridgehead atoms. The minimum atomic E-state index is -0.0922. The lowest BCUT2D eigenvalue weighted by molar-refractivity contribution is 0.0949. The van der Waals surface area contributed by atoms with Crippen LogP contribution >= 0.6 is 0 Å². The molecule has 1 aromatic heterocycles. The number of hydrogen-bond donors (Lipinski definition) is 2. The Morgan fingerprint density at radius 1 is 1.62 bits per heavy atom. The Balaban J connectivity index is 1.89. The van der Waals surface area contributed by atoms with Crippen LogP contribution in [0.15, 0.2) is 10.5 Å². The maximum atomic E-state index is 11.8. The summed E-state index contributed by atoms with van der Waals surface area (Å²) in [6, 6.07) is 1.85. The van der Waals surface area contributed by atoms with Crippen LogP contribution in [0.4, 0.5) is 0 Å².